The first-order valence-electron chi connectivity index (χ1n) is 7.50. The van der Waals surface area contributed by atoms with Crippen molar-refractivity contribution in [2.24, 2.45) is 0 Å². The largest absolute Gasteiger partial charge is 0.333 e. The van der Waals surface area contributed by atoms with Gasteiger partial charge < -0.3 is 10.2 Å². The van der Waals surface area contributed by atoms with Crippen LogP contribution in [0.4, 0.5) is 17.6 Å². The zero-order valence-corrected chi connectivity index (χ0v) is 13.5. The summed E-state index contributed by atoms with van der Waals surface area (Å²) in [5.41, 5.74) is 4.72. The molecule has 22 heavy (non-hydrogen) atoms. The number of aromatic nitrogens is 3. The van der Waals surface area contributed by atoms with E-state index in [1.165, 1.54) is 16.7 Å². The van der Waals surface area contributed by atoms with Gasteiger partial charge in [0.15, 0.2) is 0 Å². The van der Waals surface area contributed by atoms with Gasteiger partial charge in [-0.3, -0.25) is 0 Å². The number of anilines is 3. The lowest BCUT2D eigenvalue weighted by Crippen LogP contribution is -2.22. The molecule has 0 aliphatic carbocycles. The summed E-state index contributed by atoms with van der Waals surface area (Å²) >= 11 is 0. The van der Waals surface area contributed by atoms with Gasteiger partial charge in [-0.25, -0.2) is 0 Å². The van der Waals surface area contributed by atoms with Gasteiger partial charge in [-0.1, -0.05) is 29.8 Å². The lowest BCUT2D eigenvalue weighted by molar-refractivity contribution is 0.880. The van der Waals surface area contributed by atoms with Crippen LogP contribution in [0.5, 0.6) is 0 Å². The van der Waals surface area contributed by atoms with Gasteiger partial charge in [0.05, 0.1) is 0 Å². The van der Waals surface area contributed by atoms with Gasteiger partial charge in [0, 0.05) is 18.8 Å². The lowest BCUT2D eigenvalue weighted by Gasteiger charge is -2.17. The fourth-order valence-corrected chi connectivity index (χ4v) is 2.80. The third-order valence-electron chi connectivity index (χ3n) is 3.75. The molecule has 2 aromatic rings. The van der Waals surface area contributed by atoms with Crippen LogP contribution in [0.3, 0.4) is 0 Å². The molecule has 1 aromatic carbocycles. The van der Waals surface area contributed by atoms with E-state index < -0.39 is 0 Å². The highest BCUT2D eigenvalue weighted by Gasteiger charge is 2.14. The molecule has 0 radical (unpaired) electrons. The zero-order chi connectivity index (χ0) is 15.7. The molecule has 114 valence electrons. The molecule has 1 aliphatic rings. The summed E-state index contributed by atoms with van der Waals surface area (Å²) in [5.74, 6) is 2.05. The van der Waals surface area contributed by atoms with Crippen molar-refractivity contribution in [3.05, 3.63) is 46.8 Å². The van der Waals surface area contributed by atoms with Crippen molar-refractivity contribution in [3.63, 3.8) is 0 Å². The summed E-state index contributed by atoms with van der Waals surface area (Å²) in [6.45, 7) is 9.91. The predicted molar refractivity (Wildman–Crippen MR) is 89.9 cm³/mol. The molecule has 0 amide bonds. The molecule has 2 heterocycles. The SMILES string of the molecule is Cc1cc(C)c(Nc2nc(C)nc(N3CC=CC3)n2)c(C)c1. The second kappa shape index (κ2) is 5.75. The molecule has 5 nitrogen and oxygen atoms in total. The number of hydrogen-bond acceptors (Lipinski definition) is 5. The summed E-state index contributed by atoms with van der Waals surface area (Å²) in [6, 6.07) is 4.32. The number of nitrogens with zero attached hydrogens (tertiary/aromatic N) is 4. The van der Waals surface area contributed by atoms with Crippen molar-refractivity contribution < 1.29 is 0 Å². The quantitative estimate of drug-likeness (QED) is 0.881. The Bertz CT molecular complexity index is 705. The molecule has 3 rings (SSSR count). The number of benzene rings is 1. The number of rotatable bonds is 3. The Hall–Kier alpha value is -2.43. The summed E-state index contributed by atoms with van der Waals surface area (Å²) < 4.78 is 0. The van der Waals surface area contributed by atoms with E-state index in [2.05, 4.69) is 70.2 Å². The van der Waals surface area contributed by atoms with Crippen LogP contribution in [0.25, 0.3) is 0 Å². The van der Waals surface area contributed by atoms with Gasteiger partial charge in [0.2, 0.25) is 11.9 Å². The number of hydrogen-bond donors (Lipinski definition) is 1. The molecule has 1 aliphatic heterocycles. The molecule has 1 N–H and O–H groups in total. The van der Waals surface area contributed by atoms with Crippen LogP contribution in [-0.2, 0) is 0 Å². The molecule has 1 aromatic heterocycles. The van der Waals surface area contributed by atoms with E-state index in [9.17, 15) is 0 Å². The van der Waals surface area contributed by atoms with Crippen molar-refractivity contribution in [2.45, 2.75) is 27.7 Å². The zero-order valence-electron chi connectivity index (χ0n) is 13.5. The van der Waals surface area contributed by atoms with E-state index in [1.54, 1.807) is 0 Å². The van der Waals surface area contributed by atoms with Gasteiger partial charge >= 0.3 is 0 Å². The van der Waals surface area contributed by atoms with E-state index in [0.29, 0.717) is 5.95 Å². The maximum Gasteiger partial charge on any atom is 0.232 e. The molecule has 0 bridgehead atoms. The van der Waals surface area contributed by atoms with E-state index in [-0.39, 0.29) is 0 Å². The molecule has 0 spiro atoms. The first-order chi connectivity index (χ1) is 10.5. The molecular formula is C17H21N5. The second-order valence-electron chi connectivity index (χ2n) is 5.78. The van der Waals surface area contributed by atoms with Crippen LogP contribution < -0.4 is 10.2 Å². The Morgan fingerprint density at radius 1 is 0.909 bits per heavy atom. The second-order valence-corrected chi connectivity index (χ2v) is 5.78. The van der Waals surface area contributed by atoms with Gasteiger partial charge in [0.25, 0.3) is 0 Å². The topological polar surface area (TPSA) is 53.9 Å². The molecule has 0 saturated heterocycles. The third-order valence-corrected chi connectivity index (χ3v) is 3.75. The third kappa shape index (κ3) is 2.93. The maximum absolute atomic E-state index is 4.57. The smallest absolute Gasteiger partial charge is 0.232 e. The van der Waals surface area contributed by atoms with Crippen LogP contribution in [0.15, 0.2) is 24.3 Å². The monoisotopic (exact) mass is 295 g/mol. The van der Waals surface area contributed by atoms with Crippen molar-refractivity contribution in [2.75, 3.05) is 23.3 Å². The Labute approximate surface area is 131 Å². The van der Waals surface area contributed by atoms with Crippen LogP contribution in [0, 0.1) is 27.7 Å². The van der Waals surface area contributed by atoms with Crippen molar-refractivity contribution in [1.29, 1.82) is 0 Å². The standard InChI is InChI=1S/C17H21N5/c1-11-9-12(2)15(13(3)10-11)20-16-18-14(4)19-17(21-16)22-7-5-6-8-22/h5-6,9-10H,7-8H2,1-4H3,(H,18,19,20,21). The Kier molecular flexibility index (Phi) is 3.79. The predicted octanol–water partition coefficient (Wildman–Crippen LogP) is 3.23. The normalized spacial score (nSPS) is 13.7. The van der Waals surface area contributed by atoms with Crippen LogP contribution in [-0.4, -0.2) is 28.0 Å². The lowest BCUT2D eigenvalue weighted by atomic mass is 10.1. The fourth-order valence-electron chi connectivity index (χ4n) is 2.80. The maximum atomic E-state index is 4.57. The summed E-state index contributed by atoms with van der Waals surface area (Å²) in [6.07, 6.45) is 4.25. The van der Waals surface area contributed by atoms with Crippen LogP contribution in [0.2, 0.25) is 0 Å². The van der Waals surface area contributed by atoms with Crippen LogP contribution >= 0.6 is 0 Å². The minimum absolute atomic E-state index is 0.601. The van der Waals surface area contributed by atoms with Crippen molar-refractivity contribution in [3.8, 4) is 0 Å². The van der Waals surface area contributed by atoms with Gasteiger partial charge in [-0.15, -0.1) is 0 Å². The molecule has 5 heteroatoms. The molecule has 0 saturated carbocycles. The number of aryl methyl sites for hydroxylation is 4. The van der Waals surface area contributed by atoms with E-state index in [0.717, 1.165) is 30.5 Å². The summed E-state index contributed by atoms with van der Waals surface area (Å²) in [5, 5.41) is 3.36. The first-order valence-corrected chi connectivity index (χ1v) is 7.50. The van der Waals surface area contributed by atoms with Crippen molar-refractivity contribution in [1.82, 2.24) is 15.0 Å². The average Bonchev–Trinajstić information content (AvgIpc) is 2.96. The Morgan fingerprint density at radius 3 is 2.18 bits per heavy atom. The molecule has 0 unspecified atom stereocenters. The molecule has 0 fully saturated rings. The highest BCUT2D eigenvalue weighted by atomic mass is 15.3. The van der Waals surface area contributed by atoms with Gasteiger partial charge in [-0.05, 0) is 38.8 Å². The van der Waals surface area contributed by atoms with Gasteiger partial charge in [-0.2, -0.15) is 15.0 Å². The van der Waals surface area contributed by atoms with E-state index in [1.807, 2.05) is 6.92 Å². The van der Waals surface area contributed by atoms with Crippen molar-refractivity contribution >= 4 is 17.6 Å². The average molecular weight is 295 g/mol. The summed E-state index contributed by atoms with van der Waals surface area (Å²) in [4.78, 5) is 15.6. The highest BCUT2D eigenvalue weighted by Crippen LogP contribution is 2.25. The summed E-state index contributed by atoms with van der Waals surface area (Å²) in [7, 11) is 0. The molecule has 0 atom stereocenters. The van der Waals surface area contributed by atoms with E-state index >= 15 is 0 Å². The minimum atomic E-state index is 0.601. The minimum Gasteiger partial charge on any atom is -0.333 e. The fraction of sp³-hybridized carbons (Fsp3) is 0.353. The highest BCUT2D eigenvalue weighted by molar-refractivity contribution is 5.64. The van der Waals surface area contributed by atoms with Crippen LogP contribution in [0.1, 0.15) is 22.5 Å². The Balaban J connectivity index is 1.92. The Morgan fingerprint density at radius 2 is 1.55 bits per heavy atom. The number of nitrogens with one attached hydrogen (secondary N) is 1. The first kappa shape index (κ1) is 14.5. The van der Waals surface area contributed by atoms with E-state index in [4.69, 9.17) is 0 Å². The van der Waals surface area contributed by atoms with Gasteiger partial charge in [0.1, 0.15) is 5.82 Å². The molecular weight excluding hydrogens is 274 g/mol.